The molecule has 2 saturated heterocycles. The van der Waals surface area contributed by atoms with Crippen LogP contribution in [0.3, 0.4) is 0 Å². The number of aliphatic hydroxyl groups excluding tert-OH is 1. The van der Waals surface area contributed by atoms with Crippen molar-refractivity contribution in [3.05, 3.63) is 119 Å². The van der Waals surface area contributed by atoms with E-state index in [0.717, 1.165) is 52.4 Å². The Hall–Kier alpha value is -7.42. The van der Waals surface area contributed by atoms with E-state index in [0.29, 0.717) is 99.8 Å². The number of halogens is 3. The monoisotopic (exact) mass is 1210 g/mol. The Morgan fingerprint density at radius 3 is 2.28 bits per heavy atom. The Bertz CT molecular complexity index is 3220. The van der Waals surface area contributed by atoms with E-state index in [9.17, 15) is 37.5 Å². The van der Waals surface area contributed by atoms with Crippen LogP contribution in [0.1, 0.15) is 104 Å². The van der Waals surface area contributed by atoms with E-state index in [1.165, 1.54) is 23.2 Å². The highest BCUT2D eigenvalue weighted by molar-refractivity contribution is 7.13. The maximum atomic E-state index is 14.1. The van der Waals surface area contributed by atoms with Crippen molar-refractivity contribution in [3.63, 3.8) is 0 Å². The zero-order valence-corrected chi connectivity index (χ0v) is 50.2. The molecule has 2 aliphatic rings. The number of pyridine rings is 2. The number of thiazole rings is 1. The van der Waals surface area contributed by atoms with E-state index < -0.39 is 47.2 Å². The minimum atomic E-state index is -4.59. The molecule has 0 aliphatic carbocycles. The van der Waals surface area contributed by atoms with Gasteiger partial charge in [0.05, 0.1) is 105 Å². The Kier molecular flexibility index (Phi) is 22.7. The summed E-state index contributed by atoms with van der Waals surface area (Å²) in [7, 11) is 0. The summed E-state index contributed by atoms with van der Waals surface area (Å²) in [4.78, 5) is 72.1. The first kappa shape index (κ1) is 64.6. The lowest BCUT2D eigenvalue weighted by Gasteiger charge is -2.35. The normalized spacial score (nSPS) is 16.2. The number of aromatic nitrogens is 6. The number of morpholine rings is 1. The molecule has 0 bridgehead atoms. The number of hydrogen-bond donors (Lipinski definition) is 4. The number of rotatable bonds is 28. The molecule has 4 atom stereocenters. The highest BCUT2D eigenvalue weighted by atomic mass is 32.1. The summed E-state index contributed by atoms with van der Waals surface area (Å²) in [6.45, 7) is 16.2. The topological polar surface area (TPSA) is 247 Å². The first-order chi connectivity index (χ1) is 41.2. The van der Waals surface area contributed by atoms with Crippen LogP contribution in [0, 0.1) is 19.3 Å². The van der Waals surface area contributed by atoms with Crippen molar-refractivity contribution in [2.24, 2.45) is 5.41 Å². The van der Waals surface area contributed by atoms with Gasteiger partial charge in [-0.1, -0.05) is 62.7 Å². The van der Waals surface area contributed by atoms with Gasteiger partial charge in [-0.2, -0.15) is 13.2 Å². The van der Waals surface area contributed by atoms with Gasteiger partial charge < -0.3 is 54.5 Å². The first-order valence-corrected chi connectivity index (χ1v) is 29.7. The maximum absolute atomic E-state index is 14.1. The fourth-order valence-electron chi connectivity index (χ4n) is 9.98. The second-order valence-electron chi connectivity index (χ2n) is 22.3. The summed E-state index contributed by atoms with van der Waals surface area (Å²) in [5.41, 5.74) is 6.71. The summed E-state index contributed by atoms with van der Waals surface area (Å²) in [6, 6.07) is 13.6. The number of aliphatic hydroxyl groups is 1. The summed E-state index contributed by atoms with van der Waals surface area (Å²) in [6.07, 6.45) is 1.82. The number of likely N-dealkylation sites (tertiary alicyclic amines) is 1. The van der Waals surface area contributed by atoms with Gasteiger partial charge in [-0.05, 0) is 80.5 Å². The predicted octanol–water partition coefficient (Wildman–Crippen LogP) is 8.14. The minimum Gasteiger partial charge on any atom is -0.474 e. The number of nitrogens with zero attached hydrogens (tertiary/aromatic N) is 8. The predicted molar refractivity (Wildman–Crippen MR) is 316 cm³/mol. The van der Waals surface area contributed by atoms with Crippen LogP contribution in [0.2, 0.25) is 0 Å². The van der Waals surface area contributed by atoms with Crippen LogP contribution >= 0.6 is 11.3 Å². The zero-order chi connectivity index (χ0) is 61.4. The van der Waals surface area contributed by atoms with Crippen molar-refractivity contribution < 1.29 is 61.1 Å². The van der Waals surface area contributed by atoms with Crippen LogP contribution in [0.5, 0.6) is 5.88 Å². The number of β-amino-alcohol motifs (C(OH)–C–C–N with tert-alkyl or cyclic N) is 1. The van der Waals surface area contributed by atoms with Gasteiger partial charge in [0, 0.05) is 67.6 Å². The summed E-state index contributed by atoms with van der Waals surface area (Å²) in [5.74, 6) is -1.34. The van der Waals surface area contributed by atoms with Crippen molar-refractivity contribution in [1.82, 2.24) is 45.5 Å². The summed E-state index contributed by atoms with van der Waals surface area (Å²) >= 11 is 1.57. The SMILES string of the molecule is Cc1ncc(NC(=O)c2cccc(C(F)(F)F)c2)cc1-c1cnc(OCCOCCOCCOCc2cn(CCCCCC(=O)N[C@@H](C(=O)N3C[C@@H](O)CC3C(=O)N[C@@H](C)c3ccc(-c4scnc4C)cc3)C(C)(C)C)nn2)c(N2CCOCC2)c1. The molecule has 25 heteroatoms. The van der Waals surface area contributed by atoms with Crippen molar-refractivity contribution in [3.8, 4) is 27.4 Å². The van der Waals surface area contributed by atoms with Crippen molar-refractivity contribution >= 4 is 46.3 Å². The molecule has 6 aromatic rings. The van der Waals surface area contributed by atoms with Gasteiger partial charge >= 0.3 is 6.18 Å². The van der Waals surface area contributed by atoms with Gasteiger partial charge in [0.1, 0.15) is 30.1 Å². The Morgan fingerprint density at radius 1 is 0.837 bits per heavy atom. The molecule has 86 heavy (non-hydrogen) atoms. The highest BCUT2D eigenvalue weighted by Crippen LogP contribution is 2.35. The quantitative estimate of drug-likeness (QED) is 0.0339. The van der Waals surface area contributed by atoms with Crippen molar-refractivity contribution in [2.75, 3.05) is 82.7 Å². The van der Waals surface area contributed by atoms with Crippen LogP contribution in [-0.4, -0.2) is 154 Å². The molecule has 4 N–H and O–H groups in total. The number of alkyl halides is 3. The van der Waals surface area contributed by atoms with E-state index in [2.05, 4.69) is 46.1 Å². The smallest absolute Gasteiger partial charge is 0.416 e. The van der Waals surface area contributed by atoms with Crippen LogP contribution in [0.25, 0.3) is 21.6 Å². The third-order valence-corrected chi connectivity index (χ3v) is 15.7. The molecule has 2 aromatic carbocycles. The van der Waals surface area contributed by atoms with E-state index in [1.807, 2.05) is 83.6 Å². The number of anilines is 2. The molecule has 1 unspecified atom stereocenters. The Balaban J connectivity index is 0.690. The third-order valence-electron chi connectivity index (χ3n) is 14.7. The van der Waals surface area contributed by atoms with Gasteiger partial charge in [0.2, 0.25) is 23.6 Å². The molecule has 0 spiro atoms. The number of ether oxygens (including phenoxy) is 5. The fourth-order valence-corrected chi connectivity index (χ4v) is 10.8. The van der Waals surface area contributed by atoms with Crippen molar-refractivity contribution in [1.29, 1.82) is 0 Å². The number of hydrogen-bond acceptors (Lipinski definition) is 17. The number of carbonyl (C=O) groups excluding carboxylic acids is 4. The molecule has 0 saturated carbocycles. The lowest BCUT2D eigenvalue weighted by Crippen LogP contribution is -2.57. The number of carbonyl (C=O) groups is 4. The highest BCUT2D eigenvalue weighted by Gasteiger charge is 2.45. The van der Waals surface area contributed by atoms with Crippen LogP contribution in [-0.2, 0) is 52.7 Å². The molecule has 6 heterocycles. The molecule has 0 radical (unpaired) electrons. The molecule has 21 nitrogen and oxygen atoms in total. The maximum Gasteiger partial charge on any atom is 0.416 e. The molecular weight excluding hydrogens is 1140 g/mol. The molecule has 2 fully saturated rings. The van der Waals surface area contributed by atoms with E-state index in [1.54, 1.807) is 28.3 Å². The van der Waals surface area contributed by atoms with Crippen molar-refractivity contribution in [2.45, 2.75) is 117 Å². The lowest BCUT2D eigenvalue weighted by atomic mass is 9.85. The Labute approximate surface area is 502 Å². The van der Waals surface area contributed by atoms with Gasteiger partial charge in [-0.25, -0.2) is 9.97 Å². The number of nitrogens with one attached hydrogen (secondary N) is 3. The van der Waals surface area contributed by atoms with Gasteiger partial charge in [-0.3, -0.25) is 28.8 Å². The summed E-state index contributed by atoms with van der Waals surface area (Å²) in [5, 5.41) is 27.7. The molecule has 2 aliphatic heterocycles. The molecular formula is C61H76F3N11O10S. The Morgan fingerprint density at radius 2 is 1.57 bits per heavy atom. The zero-order valence-electron chi connectivity index (χ0n) is 49.4. The van der Waals surface area contributed by atoms with E-state index in [4.69, 9.17) is 23.7 Å². The number of amides is 4. The minimum absolute atomic E-state index is 0.00849. The summed E-state index contributed by atoms with van der Waals surface area (Å²) < 4.78 is 70.5. The molecule has 462 valence electrons. The average molecular weight is 1210 g/mol. The lowest BCUT2D eigenvalue weighted by molar-refractivity contribution is -0.144. The first-order valence-electron chi connectivity index (χ1n) is 28.8. The van der Waals surface area contributed by atoms with Gasteiger partial charge in [0.15, 0.2) is 0 Å². The average Bonchev–Trinajstić information content (AvgIpc) is 2.50. The molecule has 4 aromatic heterocycles. The van der Waals surface area contributed by atoms with Crippen LogP contribution in [0.15, 0.2) is 84.8 Å². The molecule has 8 rings (SSSR count). The second kappa shape index (κ2) is 30.3. The van der Waals surface area contributed by atoms with E-state index in [-0.39, 0.29) is 62.6 Å². The standard InChI is InChI=1S/C61H76F3N11O10S/c1-39(42-14-16-43(17-15-42)54-41(3)67-38-86-54)68-57(79)51-32-49(76)36-75(51)59(80)55(60(4,5)6)70-53(77)13-8-7-9-18-74-35-48(71-72-74)37-84-26-25-82-23-24-83-27-28-85-58-52(73-19-21-81-22-20-73)30-45(33-66-58)50-31-47(34-65-40(50)2)69-56(78)44-11-10-12-46(29-44)61(62,63)64/h10-12,14-17,29-31,33-35,38-39,49,51,55,76H,7-9,13,18-28,32,36-37H2,1-6H3,(H,68,79)(H,69,78)(H,70,77)/t39-,49-,51?,55-/m0/s1. The van der Waals surface area contributed by atoms with Gasteiger partial charge in [0.25, 0.3) is 5.91 Å². The second-order valence-corrected chi connectivity index (χ2v) is 23.2. The van der Waals surface area contributed by atoms with Crippen LogP contribution in [0.4, 0.5) is 24.5 Å². The van der Waals surface area contributed by atoms with Gasteiger partial charge in [-0.15, -0.1) is 16.4 Å². The largest absolute Gasteiger partial charge is 0.474 e. The fraction of sp³-hybridized carbons (Fsp3) is 0.492. The molecule has 4 amide bonds. The van der Waals surface area contributed by atoms with E-state index >= 15 is 0 Å². The number of unbranched alkanes of at least 4 members (excludes halogenated alkanes) is 2. The number of benzene rings is 2. The number of aryl methyl sites for hydroxylation is 3. The van der Waals surface area contributed by atoms with Crippen LogP contribution < -0.4 is 25.6 Å². The third kappa shape index (κ3) is 18.1.